The van der Waals surface area contributed by atoms with Crippen LogP contribution in [-0.2, 0) is 0 Å². The van der Waals surface area contributed by atoms with E-state index in [2.05, 4.69) is 22.2 Å². The molecule has 4 heteroatoms. The molecule has 15 heavy (non-hydrogen) atoms. The molecule has 1 N–H and O–H groups in total. The lowest BCUT2D eigenvalue weighted by Crippen LogP contribution is -2.14. The van der Waals surface area contributed by atoms with Crippen molar-refractivity contribution in [2.75, 3.05) is 26.0 Å². The molecule has 1 heterocycles. The van der Waals surface area contributed by atoms with E-state index in [0.29, 0.717) is 0 Å². The first kappa shape index (κ1) is 11.5. The SMILES string of the molecule is CCN(C)C=Nc1ccc(NC)nc1C. The highest BCUT2D eigenvalue weighted by Crippen LogP contribution is 2.17. The Balaban J connectivity index is 2.82. The lowest BCUT2D eigenvalue weighted by Gasteiger charge is -2.09. The van der Waals surface area contributed by atoms with Crippen molar-refractivity contribution >= 4 is 17.8 Å². The molecule has 0 atom stereocenters. The van der Waals surface area contributed by atoms with Crippen molar-refractivity contribution < 1.29 is 0 Å². The second-order valence-electron chi connectivity index (χ2n) is 3.37. The number of rotatable bonds is 4. The molecule has 0 aliphatic heterocycles. The van der Waals surface area contributed by atoms with Crippen molar-refractivity contribution in [1.82, 2.24) is 9.88 Å². The van der Waals surface area contributed by atoms with Crippen molar-refractivity contribution in [1.29, 1.82) is 0 Å². The molecule has 0 aromatic carbocycles. The van der Waals surface area contributed by atoms with Gasteiger partial charge < -0.3 is 10.2 Å². The van der Waals surface area contributed by atoms with Crippen LogP contribution in [0.2, 0.25) is 0 Å². The van der Waals surface area contributed by atoms with Gasteiger partial charge in [0, 0.05) is 20.6 Å². The van der Waals surface area contributed by atoms with Crippen LogP contribution in [0, 0.1) is 6.92 Å². The Morgan fingerprint density at radius 2 is 2.27 bits per heavy atom. The first-order valence-corrected chi connectivity index (χ1v) is 5.07. The fourth-order valence-corrected chi connectivity index (χ4v) is 1.07. The van der Waals surface area contributed by atoms with E-state index in [1.54, 1.807) is 0 Å². The van der Waals surface area contributed by atoms with E-state index in [-0.39, 0.29) is 0 Å². The molecule has 1 aromatic rings. The molecule has 0 aliphatic rings. The Morgan fingerprint density at radius 3 is 2.80 bits per heavy atom. The van der Waals surface area contributed by atoms with Gasteiger partial charge in [0.2, 0.25) is 0 Å². The zero-order valence-electron chi connectivity index (χ0n) is 9.78. The number of pyridine rings is 1. The van der Waals surface area contributed by atoms with Gasteiger partial charge in [-0.15, -0.1) is 0 Å². The molecule has 4 nitrogen and oxygen atoms in total. The molecule has 82 valence electrons. The zero-order chi connectivity index (χ0) is 11.3. The summed E-state index contributed by atoms with van der Waals surface area (Å²) in [4.78, 5) is 10.7. The molecule has 0 unspecified atom stereocenters. The summed E-state index contributed by atoms with van der Waals surface area (Å²) >= 11 is 0. The molecule has 0 spiro atoms. The van der Waals surface area contributed by atoms with Gasteiger partial charge in [0.1, 0.15) is 5.82 Å². The average molecular weight is 206 g/mol. The summed E-state index contributed by atoms with van der Waals surface area (Å²) in [6.45, 7) is 4.99. The van der Waals surface area contributed by atoms with E-state index in [1.165, 1.54) is 0 Å². The maximum Gasteiger partial charge on any atom is 0.126 e. The molecule has 0 saturated carbocycles. The summed E-state index contributed by atoms with van der Waals surface area (Å²) in [6, 6.07) is 3.89. The Labute approximate surface area is 91.0 Å². The van der Waals surface area contributed by atoms with Crippen molar-refractivity contribution in [3.8, 4) is 0 Å². The normalized spacial score (nSPS) is 10.7. The van der Waals surface area contributed by atoms with Crippen LogP contribution in [0.25, 0.3) is 0 Å². The van der Waals surface area contributed by atoms with Crippen LogP contribution < -0.4 is 5.32 Å². The van der Waals surface area contributed by atoms with E-state index in [9.17, 15) is 0 Å². The van der Waals surface area contributed by atoms with Gasteiger partial charge in [-0.25, -0.2) is 9.98 Å². The van der Waals surface area contributed by atoms with Crippen LogP contribution in [0.4, 0.5) is 11.5 Å². The quantitative estimate of drug-likeness (QED) is 0.605. The van der Waals surface area contributed by atoms with Crippen molar-refractivity contribution in [2.24, 2.45) is 4.99 Å². The standard InChI is InChI=1S/C11H18N4/c1-5-15(4)8-13-10-6-7-11(12-3)14-9(10)2/h6-8H,5H2,1-4H3,(H,12,14). The molecule has 0 saturated heterocycles. The van der Waals surface area contributed by atoms with Crippen LogP contribution in [0.15, 0.2) is 17.1 Å². The highest BCUT2D eigenvalue weighted by molar-refractivity contribution is 5.62. The number of nitrogens with one attached hydrogen (secondary N) is 1. The number of anilines is 1. The largest absolute Gasteiger partial charge is 0.373 e. The Hall–Kier alpha value is -1.58. The van der Waals surface area contributed by atoms with E-state index >= 15 is 0 Å². The molecule has 1 rings (SSSR count). The molecule has 0 radical (unpaired) electrons. The Bertz CT molecular complexity index is 346. The van der Waals surface area contributed by atoms with Gasteiger partial charge >= 0.3 is 0 Å². The highest BCUT2D eigenvalue weighted by atomic mass is 15.1. The molecular formula is C11H18N4. The molecule has 1 aromatic heterocycles. The maximum absolute atomic E-state index is 4.36. The topological polar surface area (TPSA) is 40.5 Å². The third-order valence-electron chi connectivity index (χ3n) is 2.21. The van der Waals surface area contributed by atoms with Gasteiger partial charge in [-0.05, 0) is 26.0 Å². The van der Waals surface area contributed by atoms with E-state index < -0.39 is 0 Å². The maximum atomic E-state index is 4.36. The third-order valence-corrected chi connectivity index (χ3v) is 2.21. The highest BCUT2D eigenvalue weighted by Gasteiger charge is 1.98. The summed E-state index contributed by atoms with van der Waals surface area (Å²) in [7, 11) is 3.85. The summed E-state index contributed by atoms with van der Waals surface area (Å²) in [5.41, 5.74) is 1.84. The van der Waals surface area contributed by atoms with Crippen LogP contribution in [-0.4, -0.2) is 36.9 Å². The fourth-order valence-electron chi connectivity index (χ4n) is 1.07. The molecule has 0 bridgehead atoms. The van der Waals surface area contributed by atoms with Gasteiger partial charge in [0.05, 0.1) is 17.7 Å². The van der Waals surface area contributed by atoms with Gasteiger partial charge in [-0.1, -0.05) is 0 Å². The Kier molecular flexibility index (Phi) is 4.09. The monoisotopic (exact) mass is 206 g/mol. The van der Waals surface area contributed by atoms with Crippen LogP contribution >= 0.6 is 0 Å². The first-order chi connectivity index (χ1) is 7.17. The predicted octanol–water partition coefficient (Wildman–Crippen LogP) is 2.04. The summed E-state index contributed by atoms with van der Waals surface area (Å²) < 4.78 is 0. The van der Waals surface area contributed by atoms with Crippen LogP contribution in [0.1, 0.15) is 12.6 Å². The summed E-state index contributed by atoms with van der Waals surface area (Å²) in [6.07, 6.45) is 1.82. The number of aromatic nitrogens is 1. The van der Waals surface area contributed by atoms with E-state index in [4.69, 9.17) is 0 Å². The lowest BCUT2D eigenvalue weighted by atomic mass is 10.3. The second kappa shape index (κ2) is 5.34. The molecular weight excluding hydrogens is 188 g/mol. The average Bonchev–Trinajstić information content (AvgIpc) is 2.26. The van der Waals surface area contributed by atoms with Gasteiger partial charge in [-0.3, -0.25) is 0 Å². The number of aryl methyl sites for hydroxylation is 1. The lowest BCUT2D eigenvalue weighted by molar-refractivity contribution is 0.552. The van der Waals surface area contributed by atoms with Gasteiger partial charge in [0.15, 0.2) is 0 Å². The zero-order valence-corrected chi connectivity index (χ0v) is 9.78. The van der Waals surface area contributed by atoms with E-state index in [0.717, 1.165) is 23.7 Å². The van der Waals surface area contributed by atoms with Gasteiger partial charge in [0.25, 0.3) is 0 Å². The molecule has 0 amide bonds. The Morgan fingerprint density at radius 1 is 1.53 bits per heavy atom. The molecule has 0 fully saturated rings. The van der Waals surface area contributed by atoms with Gasteiger partial charge in [-0.2, -0.15) is 0 Å². The number of aliphatic imine (C=N–C) groups is 1. The second-order valence-corrected chi connectivity index (χ2v) is 3.37. The fraction of sp³-hybridized carbons (Fsp3) is 0.455. The minimum atomic E-state index is 0.871. The van der Waals surface area contributed by atoms with E-state index in [1.807, 2.05) is 44.4 Å². The van der Waals surface area contributed by atoms with Crippen LogP contribution in [0.3, 0.4) is 0 Å². The third kappa shape index (κ3) is 3.23. The molecule has 0 aliphatic carbocycles. The predicted molar refractivity (Wildman–Crippen MR) is 65.0 cm³/mol. The van der Waals surface area contributed by atoms with Crippen molar-refractivity contribution in [3.63, 3.8) is 0 Å². The number of nitrogens with zero attached hydrogens (tertiary/aromatic N) is 3. The van der Waals surface area contributed by atoms with Crippen molar-refractivity contribution in [2.45, 2.75) is 13.8 Å². The number of hydrogen-bond acceptors (Lipinski definition) is 3. The minimum absolute atomic E-state index is 0.871. The minimum Gasteiger partial charge on any atom is -0.373 e. The van der Waals surface area contributed by atoms with Crippen molar-refractivity contribution in [3.05, 3.63) is 17.8 Å². The first-order valence-electron chi connectivity index (χ1n) is 5.07. The number of hydrogen-bond donors (Lipinski definition) is 1. The summed E-state index contributed by atoms with van der Waals surface area (Å²) in [5.74, 6) is 0.871. The smallest absolute Gasteiger partial charge is 0.126 e. The summed E-state index contributed by atoms with van der Waals surface area (Å²) in [5, 5.41) is 3.00. The van der Waals surface area contributed by atoms with Crippen LogP contribution in [0.5, 0.6) is 0 Å².